The summed E-state index contributed by atoms with van der Waals surface area (Å²) in [5.74, 6) is 0. The number of hydrogen-bond donors (Lipinski definition) is 1. The Morgan fingerprint density at radius 2 is 1.36 bits per heavy atom. The average Bonchev–Trinajstić information content (AvgIpc) is 3.03. The number of nitrogens with two attached hydrogens (primary N) is 1. The van der Waals surface area contributed by atoms with Gasteiger partial charge in [-0.3, -0.25) is 13.6 Å². The van der Waals surface area contributed by atoms with Gasteiger partial charge >= 0.3 is 29.6 Å². The Bertz CT molecular complexity index is 689. The molecule has 0 aliphatic rings. The maximum Gasteiger partial charge on any atom is 1.00 e. The standard InChI is InChI=1S/C6H10ClN3OS.C6H9ClN2O2S.Na/c1-4(2)10-3-5(7)6(9-10)12(8)11;1-4(2)9-3-5(7)6(8-9)12(10)11;/h3-4H,8H2,1-2H3;3-4H,1-2H3,(H,10,11);/q;;+1/p-1. The summed E-state index contributed by atoms with van der Waals surface area (Å²) in [6, 6.07) is 0.305. The van der Waals surface area contributed by atoms with E-state index in [9.17, 15) is 13.0 Å². The molecule has 8 nitrogen and oxygen atoms in total. The Hall–Kier alpha value is 0.220. The summed E-state index contributed by atoms with van der Waals surface area (Å²) in [4.78, 5) is 0. The minimum atomic E-state index is -2.35. The van der Waals surface area contributed by atoms with Gasteiger partial charge in [-0.2, -0.15) is 10.2 Å². The fraction of sp³-hybridized carbons (Fsp3) is 0.500. The topological polar surface area (TPSA) is 119 Å². The van der Waals surface area contributed by atoms with Crippen LogP contribution in [0.3, 0.4) is 0 Å². The Morgan fingerprint density at radius 1 is 1.00 bits per heavy atom. The van der Waals surface area contributed by atoms with E-state index < -0.39 is 22.1 Å². The van der Waals surface area contributed by atoms with Crippen LogP contribution in [0.5, 0.6) is 0 Å². The maximum absolute atomic E-state index is 10.8. The van der Waals surface area contributed by atoms with Gasteiger partial charge in [-0.25, -0.2) is 9.35 Å². The molecule has 2 rings (SSSR count). The van der Waals surface area contributed by atoms with Crippen LogP contribution in [0.15, 0.2) is 22.4 Å². The Kier molecular flexibility index (Phi) is 11.2. The fourth-order valence-corrected chi connectivity index (χ4v) is 2.97. The van der Waals surface area contributed by atoms with Gasteiger partial charge in [0.05, 0.1) is 10.0 Å². The SMILES string of the molecule is CC(C)n1cc(Cl)c(S(=O)[O-])n1.CC(C)n1cc(Cl)c(S(N)=O)n1.[Na+]. The molecule has 2 aromatic heterocycles. The molecule has 0 aliphatic heterocycles. The molecule has 2 atom stereocenters. The predicted molar refractivity (Wildman–Crippen MR) is 93.0 cm³/mol. The van der Waals surface area contributed by atoms with Crippen LogP contribution in [0.2, 0.25) is 10.0 Å². The average molecular weight is 438 g/mol. The van der Waals surface area contributed by atoms with Crippen molar-refractivity contribution in [3.8, 4) is 0 Å². The summed E-state index contributed by atoms with van der Waals surface area (Å²) >= 11 is 8.99. The second kappa shape index (κ2) is 11.2. The third kappa shape index (κ3) is 7.39. The first-order chi connectivity index (χ1) is 11.0. The van der Waals surface area contributed by atoms with E-state index in [2.05, 4.69) is 10.2 Å². The summed E-state index contributed by atoms with van der Waals surface area (Å²) in [5, 5.41) is 13.6. The zero-order chi connectivity index (χ0) is 18.6. The van der Waals surface area contributed by atoms with E-state index >= 15 is 0 Å². The molecule has 2 aromatic rings. The molecule has 25 heavy (non-hydrogen) atoms. The molecule has 0 fully saturated rings. The minimum Gasteiger partial charge on any atom is -0.767 e. The second-order valence-corrected chi connectivity index (χ2v) is 7.90. The summed E-state index contributed by atoms with van der Waals surface area (Å²) in [5.41, 5.74) is 0. The number of hydrogen-bond acceptors (Lipinski definition) is 5. The van der Waals surface area contributed by atoms with Gasteiger partial charge in [0, 0.05) is 35.6 Å². The van der Waals surface area contributed by atoms with Gasteiger partial charge in [0.25, 0.3) is 0 Å². The monoisotopic (exact) mass is 437 g/mol. The van der Waals surface area contributed by atoms with Gasteiger partial charge in [0.2, 0.25) is 0 Å². The van der Waals surface area contributed by atoms with E-state index in [-0.39, 0.29) is 56.7 Å². The Labute approximate surface area is 183 Å². The van der Waals surface area contributed by atoms with Crippen LogP contribution in [0.1, 0.15) is 39.8 Å². The van der Waals surface area contributed by atoms with Crippen molar-refractivity contribution in [3.63, 3.8) is 0 Å². The van der Waals surface area contributed by atoms with Gasteiger partial charge in [0.15, 0.2) is 10.1 Å². The van der Waals surface area contributed by atoms with Gasteiger partial charge < -0.3 is 4.55 Å². The van der Waals surface area contributed by atoms with Crippen molar-refractivity contribution in [3.05, 3.63) is 22.4 Å². The van der Waals surface area contributed by atoms with E-state index in [1.807, 2.05) is 27.7 Å². The number of aromatic nitrogens is 4. The molecular weight excluding hydrogens is 420 g/mol. The van der Waals surface area contributed by atoms with Crippen LogP contribution in [0.25, 0.3) is 0 Å². The zero-order valence-corrected chi connectivity index (χ0v) is 19.6. The molecule has 0 aromatic carbocycles. The molecule has 0 amide bonds. The molecule has 13 heteroatoms. The third-order valence-electron chi connectivity index (χ3n) is 2.72. The summed E-state index contributed by atoms with van der Waals surface area (Å²) in [7, 11) is -1.60. The van der Waals surface area contributed by atoms with Crippen LogP contribution in [0, 0.1) is 0 Å². The number of nitrogens with zero attached hydrogens (tertiary/aromatic N) is 4. The van der Waals surface area contributed by atoms with E-state index in [1.165, 1.54) is 10.9 Å². The normalized spacial score (nSPS) is 13.2. The van der Waals surface area contributed by atoms with Crippen molar-refractivity contribution in [1.29, 1.82) is 0 Å². The fourth-order valence-electron chi connectivity index (χ4n) is 1.48. The molecule has 0 saturated heterocycles. The smallest absolute Gasteiger partial charge is 0.767 e. The first-order valence-corrected chi connectivity index (χ1v) is 9.83. The first-order valence-electron chi connectivity index (χ1n) is 6.79. The molecule has 2 heterocycles. The maximum atomic E-state index is 10.8. The van der Waals surface area contributed by atoms with Gasteiger partial charge in [0.1, 0.15) is 11.0 Å². The third-order valence-corrected chi connectivity index (χ3v) is 4.80. The zero-order valence-electron chi connectivity index (χ0n) is 14.5. The number of halogens is 2. The first kappa shape index (κ1) is 25.2. The van der Waals surface area contributed by atoms with Gasteiger partial charge in [-0.05, 0) is 27.7 Å². The van der Waals surface area contributed by atoms with E-state index in [0.29, 0.717) is 5.02 Å². The van der Waals surface area contributed by atoms with Crippen molar-refractivity contribution in [2.75, 3.05) is 0 Å². The van der Waals surface area contributed by atoms with Crippen molar-refractivity contribution >= 4 is 45.3 Å². The predicted octanol–water partition coefficient (Wildman–Crippen LogP) is -0.542. The molecule has 0 radical (unpaired) electrons. The van der Waals surface area contributed by atoms with Crippen LogP contribution in [-0.4, -0.2) is 32.5 Å². The largest absolute Gasteiger partial charge is 1.00 e. The molecular formula is C12H18Cl2N5NaO3S2. The summed E-state index contributed by atoms with van der Waals surface area (Å²) < 4.78 is 35.0. The molecule has 2 unspecified atom stereocenters. The number of rotatable bonds is 4. The van der Waals surface area contributed by atoms with Gasteiger partial charge in [-0.1, -0.05) is 23.2 Å². The molecule has 2 N–H and O–H groups in total. The van der Waals surface area contributed by atoms with Crippen molar-refractivity contribution < 1.29 is 42.5 Å². The van der Waals surface area contributed by atoms with E-state index in [0.717, 1.165) is 0 Å². The molecule has 0 saturated carbocycles. The van der Waals surface area contributed by atoms with Crippen molar-refractivity contribution in [1.82, 2.24) is 19.6 Å². The Balaban J connectivity index is 0.000000443. The molecule has 136 valence electrons. The van der Waals surface area contributed by atoms with E-state index in [4.69, 9.17) is 28.3 Å². The molecule has 0 spiro atoms. The Morgan fingerprint density at radius 3 is 1.56 bits per heavy atom. The minimum absolute atomic E-state index is 0. The van der Waals surface area contributed by atoms with Gasteiger partial charge in [-0.15, -0.1) is 0 Å². The van der Waals surface area contributed by atoms with Crippen LogP contribution < -0.4 is 34.7 Å². The van der Waals surface area contributed by atoms with Crippen LogP contribution in [0.4, 0.5) is 0 Å². The quantitative estimate of drug-likeness (QED) is 0.508. The second-order valence-electron chi connectivity index (χ2n) is 5.24. The summed E-state index contributed by atoms with van der Waals surface area (Å²) in [6.45, 7) is 7.68. The van der Waals surface area contributed by atoms with E-state index in [1.54, 1.807) is 10.9 Å². The summed E-state index contributed by atoms with van der Waals surface area (Å²) in [6.07, 6.45) is 3.11. The van der Waals surface area contributed by atoms with Crippen molar-refractivity contribution in [2.24, 2.45) is 5.14 Å². The van der Waals surface area contributed by atoms with Crippen LogP contribution >= 0.6 is 23.2 Å². The molecule has 0 aliphatic carbocycles. The molecule has 0 bridgehead atoms. The van der Waals surface area contributed by atoms with Crippen molar-refractivity contribution in [2.45, 2.75) is 49.8 Å². The van der Waals surface area contributed by atoms with Crippen LogP contribution in [-0.2, 0) is 22.1 Å².